The fraction of sp³-hybridized carbons (Fsp3) is 0.500. The molecule has 5 atom stereocenters. The van der Waals surface area contributed by atoms with Crippen molar-refractivity contribution in [3.05, 3.63) is 28.1 Å². The topological polar surface area (TPSA) is 192 Å². The van der Waals surface area contributed by atoms with E-state index >= 15 is 4.39 Å². The Kier molecular flexibility index (Phi) is 5.22. The van der Waals surface area contributed by atoms with Gasteiger partial charge in [-0.1, -0.05) is 10.3 Å². The SMILES string of the molecule is C[C@@H]1O[C@H](C)C(F)N2c3cc4onc(N5C(=O)OC[C@@H]5CN=[N+]=[N-])c4cc3CC3(C(=O)NC(=O)NC3=O)[C@@H]12. The molecule has 198 valence electrons. The van der Waals surface area contributed by atoms with Gasteiger partial charge in [-0.3, -0.25) is 25.1 Å². The highest BCUT2D eigenvalue weighted by atomic mass is 19.1. The van der Waals surface area contributed by atoms with E-state index in [1.807, 2.05) is 0 Å². The number of nitrogens with zero attached hydrogens (tertiary/aromatic N) is 6. The van der Waals surface area contributed by atoms with Crippen LogP contribution in [-0.4, -0.2) is 72.8 Å². The summed E-state index contributed by atoms with van der Waals surface area (Å²) in [5.41, 5.74) is 7.76. The number of barbiturate groups is 1. The highest BCUT2D eigenvalue weighted by molar-refractivity contribution is 6.20. The molecule has 2 N–H and O–H groups in total. The predicted octanol–water partition coefficient (Wildman–Crippen LogP) is 1.65. The van der Waals surface area contributed by atoms with Crippen LogP contribution in [-0.2, 0) is 25.5 Å². The number of rotatable bonds is 3. The number of benzene rings is 1. The third-order valence-electron chi connectivity index (χ3n) is 7.54. The Hall–Kier alpha value is -4.43. The second-order valence-electron chi connectivity index (χ2n) is 9.65. The number of hydrogen-bond acceptors (Lipinski definition) is 10. The number of carbonyl (C=O) groups is 4. The first-order chi connectivity index (χ1) is 18.2. The molecule has 16 heteroatoms. The number of halogens is 1. The summed E-state index contributed by atoms with van der Waals surface area (Å²) in [5.74, 6) is -1.66. The molecule has 0 aliphatic carbocycles. The molecule has 4 aliphatic rings. The van der Waals surface area contributed by atoms with E-state index in [0.29, 0.717) is 16.6 Å². The fourth-order valence-electron chi connectivity index (χ4n) is 5.95. The monoisotopic (exact) mass is 528 g/mol. The van der Waals surface area contributed by atoms with Gasteiger partial charge < -0.3 is 18.9 Å². The van der Waals surface area contributed by atoms with Crippen LogP contribution in [0, 0.1) is 5.41 Å². The number of azide groups is 1. The quantitative estimate of drug-likeness (QED) is 0.196. The van der Waals surface area contributed by atoms with Crippen LogP contribution in [0.1, 0.15) is 19.4 Å². The summed E-state index contributed by atoms with van der Waals surface area (Å²) in [4.78, 5) is 56.3. The first-order valence-corrected chi connectivity index (χ1v) is 11.8. The number of ether oxygens (including phenoxy) is 2. The summed E-state index contributed by atoms with van der Waals surface area (Å²) in [6, 6.07) is 0.407. The zero-order valence-corrected chi connectivity index (χ0v) is 20.1. The van der Waals surface area contributed by atoms with Gasteiger partial charge in [0.25, 0.3) is 0 Å². The van der Waals surface area contributed by atoms with Crippen LogP contribution in [0.5, 0.6) is 0 Å². The van der Waals surface area contributed by atoms with E-state index in [1.54, 1.807) is 13.0 Å². The Labute approximate surface area is 212 Å². The Bertz CT molecular complexity index is 1430. The van der Waals surface area contributed by atoms with Gasteiger partial charge in [-0.2, -0.15) is 0 Å². The van der Waals surface area contributed by atoms with Crippen molar-refractivity contribution >= 4 is 46.4 Å². The average molecular weight is 528 g/mol. The minimum atomic E-state index is -1.90. The minimum absolute atomic E-state index is 0.0383. The number of morpholine rings is 1. The molecule has 15 nitrogen and oxygen atoms in total. The minimum Gasteiger partial charge on any atom is -0.447 e. The highest BCUT2D eigenvalue weighted by Crippen LogP contribution is 2.50. The maximum Gasteiger partial charge on any atom is 0.416 e. The van der Waals surface area contributed by atoms with Gasteiger partial charge in [0.1, 0.15) is 12.7 Å². The molecule has 4 aliphatic heterocycles. The standard InChI is InChI=1S/C22H21FN8O7/c1-8-15-22(18(32)26-20(34)27-19(22)33)5-10-3-12-14(4-13(10)31(15)16(23)9(2)37-8)38-28-17(12)30-11(6-25-29-24)7-36-21(30)35/h3-4,8-9,11,15-16H,5-7H2,1-2H3,(H2,26,27,32,33,34)/t8-,9+,11-,15+,16?/m0/s1. The van der Waals surface area contributed by atoms with Crippen LogP contribution >= 0.6 is 0 Å². The zero-order chi connectivity index (χ0) is 26.9. The van der Waals surface area contributed by atoms with Crippen LogP contribution in [0.2, 0.25) is 0 Å². The normalized spacial score (nSPS) is 29.9. The van der Waals surface area contributed by atoms with Gasteiger partial charge in [-0.15, -0.1) is 0 Å². The molecule has 1 spiro atoms. The number of imide groups is 2. The van der Waals surface area contributed by atoms with E-state index in [0.717, 1.165) is 0 Å². The van der Waals surface area contributed by atoms with Crippen LogP contribution in [0.25, 0.3) is 21.4 Å². The number of hydrogen-bond donors (Lipinski definition) is 2. The number of amides is 5. The second kappa shape index (κ2) is 8.29. The Morgan fingerprint density at radius 3 is 2.66 bits per heavy atom. The zero-order valence-electron chi connectivity index (χ0n) is 20.1. The highest BCUT2D eigenvalue weighted by Gasteiger charge is 2.64. The Morgan fingerprint density at radius 1 is 1.21 bits per heavy atom. The predicted molar refractivity (Wildman–Crippen MR) is 125 cm³/mol. The van der Waals surface area contributed by atoms with E-state index in [2.05, 4.69) is 25.8 Å². The largest absolute Gasteiger partial charge is 0.447 e. The summed E-state index contributed by atoms with van der Waals surface area (Å²) in [5, 5.41) is 12.2. The van der Waals surface area contributed by atoms with E-state index in [-0.39, 0.29) is 31.0 Å². The first-order valence-electron chi connectivity index (χ1n) is 11.8. The summed E-state index contributed by atoms with van der Waals surface area (Å²) in [7, 11) is 0. The lowest BCUT2D eigenvalue weighted by atomic mass is 9.66. The number of anilines is 2. The molecule has 1 aromatic carbocycles. The molecule has 5 amide bonds. The lowest BCUT2D eigenvalue weighted by molar-refractivity contribution is -0.159. The molecule has 3 saturated heterocycles. The summed E-state index contributed by atoms with van der Waals surface area (Å²) in [6.07, 6.45) is -4.33. The molecule has 1 aromatic heterocycles. The van der Waals surface area contributed by atoms with Crippen LogP contribution in [0.3, 0.4) is 0 Å². The number of alkyl halides is 1. The van der Waals surface area contributed by atoms with Gasteiger partial charge in [0, 0.05) is 16.7 Å². The molecule has 0 radical (unpaired) electrons. The van der Waals surface area contributed by atoms with Crippen molar-refractivity contribution in [1.82, 2.24) is 15.8 Å². The van der Waals surface area contributed by atoms with Gasteiger partial charge in [-0.05, 0) is 37.4 Å². The lowest BCUT2D eigenvalue weighted by Gasteiger charge is -2.56. The molecule has 0 bridgehead atoms. The van der Waals surface area contributed by atoms with Gasteiger partial charge in [0.2, 0.25) is 11.8 Å². The van der Waals surface area contributed by atoms with Gasteiger partial charge in [0.15, 0.2) is 23.1 Å². The maximum absolute atomic E-state index is 15.8. The molecule has 3 fully saturated rings. The van der Waals surface area contributed by atoms with Crippen LogP contribution in [0.4, 0.5) is 25.5 Å². The average Bonchev–Trinajstić information content (AvgIpc) is 3.44. The molecule has 1 unspecified atom stereocenters. The van der Waals surface area contributed by atoms with Gasteiger partial charge in [0.05, 0.1) is 30.1 Å². The van der Waals surface area contributed by atoms with Crippen molar-refractivity contribution in [1.29, 1.82) is 0 Å². The number of urea groups is 1. The fourth-order valence-corrected chi connectivity index (χ4v) is 5.95. The Morgan fingerprint density at radius 2 is 1.95 bits per heavy atom. The van der Waals surface area contributed by atoms with E-state index < -0.39 is 59.9 Å². The van der Waals surface area contributed by atoms with E-state index in [1.165, 1.54) is 22.8 Å². The number of fused-ring (bicyclic) bond motifs is 5. The van der Waals surface area contributed by atoms with Crippen molar-refractivity contribution in [3.8, 4) is 0 Å². The van der Waals surface area contributed by atoms with Crippen molar-refractivity contribution < 1.29 is 37.6 Å². The lowest BCUT2D eigenvalue weighted by Crippen LogP contribution is -2.76. The van der Waals surface area contributed by atoms with E-state index in [9.17, 15) is 19.2 Å². The molecule has 38 heavy (non-hydrogen) atoms. The van der Waals surface area contributed by atoms with Crippen molar-refractivity contribution in [2.75, 3.05) is 23.0 Å². The van der Waals surface area contributed by atoms with Crippen molar-refractivity contribution in [2.24, 2.45) is 10.5 Å². The molecule has 2 aromatic rings. The number of cyclic esters (lactones) is 1. The summed E-state index contributed by atoms with van der Waals surface area (Å²) >= 11 is 0. The third-order valence-corrected chi connectivity index (χ3v) is 7.54. The summed E-state index contributed by atoms with van der Waals surface area (Å²) < 4.78 is 32.2. The molecular formula is C22H21FN8O7. The van der Waals surface area contributed by atoms with Gasteiger partial charge in [-0.25, -0.2) is 14.0 Å². The molecular weight excluding hydrogens is 507 g/mol. The maximum atomic E-state index is 15.8. The van der Waals surface area contributed by atoms with Crippen LogP contribution in [0.15, 0.2) is 21.8 Å². The Balaban J connectivity index is 1.53. The summed E-state index contributed by atoms with van der Waals surface area (Å²) in [6.45, 7) is 3.06. The van der Waals surface area contributed by atoms with Gasteiger partial charge >= 0.3 is 12.1 Å². The third kappa shape index (κ3) is 3.16. The number of nitrogens with one attached hydrogen (secondary N) is 2. The number of carbonyl (C=O) groups excluding carboxylic acids is 4. The molecule has 6 rings (SSSR count). The molecule has 5 heterocycles. The van der Waals surface area contributed by atoms with Crippen molar-refractivity contribution in [3.63, 3.8) is 0 Å². The second-order valence-corrected chi connectivity index (χ2v) is 9.65. The molecule has 0 saturated carbocycles. The first kappa shape index (κ1) is 23.9. The van der Waals surface area contributed by atoms with Crippen molar-refractivity contribution in [2.45, 2.75) is 50.9 Å². The van der Waals surface area contributed by atoms with Crippen LogP contribution < -0.4 is 20.4 Å². The number of aromatic nitrogens is 1. The van der Waals surface area contributed by atoms with E-state index in [4.69, 9.17) is 19.5 Å². The smallest absolute Gasteiger partial charge is 0.416 e.